The van der Waals surface area contributed by atoms with Gasteiger partial charge in [0, 0.05) is 0 Å². The Morgan fingerprint density at radius 1 is 1.00 bits per heavy atom. The molecule has 1 aromatic rings. The van der Waals surface area contributed by atoms with Crippen LogP contribution >= 0.6 is 23.2 Å². The van der Waals surface area contributed by atoms with Gasteiger partial charge in [-0.1, -0.05) is 23.2 Å². The Hall–Kier alpha value is 0.660. The molecule has 0 aliphatic heterocycles. The average Bonchev–Trinajstić information content (AvgIpc) is 2.18. The van der Waals surface area contributed by atoms with E-state index in [9.17, 15) is 21.4 Å². The zero-order valence-corrected chi connectivity index (χ0v) is 14.4. The van der Waals surface area contributed by atoms with Gasteiger partial charge in [-0.15, -0.1) is 0 Å². The fourth-order valence-electron chi connectivity index (χ4n) is 1.000. The molecule has 0 aliphatic carbocycles. The van der Waals surface area contributed by atoms with E-state index < -0.39 is 31.5 Å². The molecule has 0 fully saturated rings. The van der Waals surface area contributed by atoms with E-state index in [-0.39, 0.29) is 44.5 Å². The van der Waals surface area contributed by atoms with Crippen molar-refractivity contribution >= 4 is 43.2 Å². The van der Waals surface area contributed by atoms with Gasteiger partial charge in [-0.3, -0.25) is 0 Å². The summed E-state index contributed by atoms with van der Waals surface area (Å²) in [5, 5.41) is 0.222. The average molecular weight is 341 g/mol. The van der Waals surface area contributed by atoms with Crippen LogP contribution in [0.2, 0.25) is 10.0 Å². The second kappa shape index (κ2) is 6.90. The molecule has 0 saturated heterocycles. The van der Waals surface area contributed by atoms with Crippen molar-refractivity contribution in [1.82, 2.24) is 0 Å². The first kappa shape index (κ1) is 18.7. The van der Waals surface area contributed by atoms with Crippen molar-refractivity contribution in [3.8, 4) is 0 Å². The minimum atomic E-state index is -4.57. The van der Waals surface area contributed by atoms with Gasteiger partial charge in [-0.2, -0.15) is 0 Å². The van der Waals surface area contributed by atoms with E-state index in [0.29, 0.717) is 0 Å². The van der Waals surface area contributed by atoms with Crippen LogP contribution in [-0.2, 0) is 20.0 Å². The van der Waals surface area contributed by atoms with E-state index in [2.05, 4.69) is 0 Å². The summed E-state index contributed by atoms with van der Waals surface area (Å²) >= 11 is 11.2. The predicted octanol–water partition coefficient (Wildman–Crippen LogP) is -1.68. The third-order valence-electron chi connectivity index (χ3n) is 1.85. The summed E-state index contributed by atoms with van der Waals surface area (Å²) in [6.45, 7) is 0. The molecule has 0 unspecified atom stereocenters. The number of halogens is 2. The van der Waals surface area contributed by atoms with Gasteiger partial charge in [-0.25, -0.2) is 16.8 Å². The van der Waals surface area contributed by atoms with E-state index in [4.69, 9.17) is 23.2 Å². The van der Waals surface area contributed by atoms with Gasteiger partial charge >= 0.3 is 29.6 Å². The van der Waals surface area contributed by atoms with Gasteiger partial charge < -0.3 is 4.55 Å². The largest absolute Gasteiger partial charge is 1.00 e. The van der Waals surface area contributed by atoms with Crippen molar-refractivity contribution in [3.63, 3.8) is 0 Å². The fourth-order valence-corrected chi connectivity index (χ4v) is 3.87. The number of hydrogen-bond acceptors (Lipinski definition) is 5. The molecule has 1 rings (SSSR count). The smallest absolute Gasteiger partial charge is 0.748 e. The monoisotopic (exact) mass is 340 g/mol. The van der Waals surface area contributed by atoms with Crippen molar-refractivity contribution in [2.75, 3.05) is 11.5 Å². The Morgan fingerprint density at radius 2 is 1.56 bits per heavy atom. The van der Waals surface area contributed by atoms with Crippen molar-refractivity contribution in [2.45, 2.75) is 4.90 Å². The van der Waals surface area contributed by atoms with Gasteiger partial charge in [0.05, 0.1) is 36.6 Å². The van der Waals surface area contributed by atoms with Crippen LogP contribution in [0.25, 0.3) is 0 Å². The predicted molar refractivity (Wildman–Crippen MR) is 63.1 cm³/mol. The van der Waals surface area contributed by atoms with Crippen LogP contribution in [0.3, 0.4) is 0 Å². The molecule has 0 bridgehead atoms. The van der Waals surface area contributed by atoms with Gasteiger partial charge in [0.2, 0.25) is 0 Å². The molecule has 0 amide bonds. The van der Waals surface area contributed by atoms with Crippen molar-refractivity contribution in [3.05, 3.63) is 28.2 Å². The molecule has 0 radical (unpaired) electrons. The molecular weight excluding hydrogens is 334 g/mol. The number of rotatable bonds is 4. The van der Waals surface area contributed by atoms with Crippen LogP contribution in [0.4, 0.5) is 0 Å². The van der Waals surface area contributed by atoms with Crippen LogP contribution in [0.1, 0.15) is 0 Å². The molecule has 0 aromatic heterocycles. The van der Waals surface area contributed by atoms with Crippen LogP contribution < -0.4 is 29.6 Å². The quantitative estimate of drug-likeness (QED) is 0.482. The standard InChI is InChI=1S/C8H8Cl2O5S2.Na/c9-7-2-1-6(5-8(7)10)16(11,12)3-4-17(13,14)15;/h1-2,5H,3-4H2,(H,13,14,15);/q;+1/p-1. The van der Waals surface area contributed by atoms with Crippen molar-refractivity contribution < 1.29 is 50.9 Å². The first-order valence-electron chi connectivity index (χ1n) is 4.23. The molecule has 18 heavy (non-hydrogen) atoms. The van der Waals surface area contributed by atoms with Gasteiger partial charge in [0.1, 0.15) is 0 Å². The second-order valence-corrected chi connectivity index (χ2v) is 7.60. The molecule has 0 aliphatic rings. The minimum Gasteiger partial charge on any atom is -0.748 e. The summed E-state index contributed by atoms with van der Waals surface area (Å²) in [5.74, 6) is -1.76. The Kier molecular flexibility index (Phi) is 7.15. The fraction of sp³-hybridized carbons (Fsp3) is 0.250. The Balaban J connectivity index is 0.00000289. The molecule has 0 saturated carbocycles. The second-order valence-electron chi connectivity index (χ2n) is 3.16. The van der Waals surface area contributed by atoms with E-state index in [1.54, 1.807) is 0 Å². The zero-order chi connectivity index (χ0) is 13.3. The summed E-state index contributed by atoms with van der Waals surface area (Å²) < 4.78 is 54.4. The molecule has 10 heteroatoms. The van der Waals surface area contributed by atoms with Crippen molar-refractivity contribution in [2.24, 2.45) is 0 Å². The van der Waals surface area contributed by atoms with Gasteiger partial charge in [0.25, 0.3) is 0 Å². The topological polar surface area (TPSA) is 91.3 Å². The van der Waals surface area contributed by atoms with Crippen LogP contribution in [0.15, 0.2) is 23.1 Å². The molecular formula is C8H7Cl2NaO5S2. The minimum absolute atomic E-state index is 0. The van der Waals surface area contributed by atoms with E-state index in [0.717, 1.165) is 6.07 Å². The summed E-state index contributed by atoms with van der Waals surface area (Å²) in [6, 6.07) is 3.58. The van der Waals surface area contributed by atoms with Crippen molar-refractivity contribution in [1.29, 1.82) is 0 Å². The first-order chi connectivity index (χ1) is 7.62. The molecule has 96 valence electrons. The first-order valence-corrected chi connectivity index (χ1v) is 8.22. The summed E-state index contributed by atoms with van der Waals surface area (Å²) in [6.07, 6.45) is 0. The molecule has 1 aromatic carbocycles. The number of sulfone groups is 1. The molecule has 0 atom stereocenters. The third-order valence-corrected chi connectivity index (χ3v) is 5.27. The number of benzene rings is 1. The maximum atomic E-state index is 11.6. The maximum absolute atomic E-state index is 11.6. The normalized spacial score (nSPS) is 11.9. The molecule has 5 nitrogen and oxygen atoms in total. The Bertz CT molecular complexity index is 627. The molecule has 0 N–H and O–H groups in total. The van der Waals surface area contributed by atoms with E-state index >= 15 is 0 Å². The zero-order valence-electron chi connectivity index (χ0n) is 9.26. The Labute approximate surface area is 137 Å². The third kappa shape index (κ3) is 5.75. The number of hydrogen-bond donors (Lipinski definition) is 0. The summed E-state index contributed by atoms with van der Waals surface area (Å²) in [4.78, 5) is -0.171. The van der Waals surface area contributed by atoms with Crippen LogP contribution in [0.5, 0.6) is 0 Å². The Morgan fingerprint density at radius 3 is 2.00 bits per heavy atom. The van der Waals surface area contributed by atoms with Gasteiger partial charge in [0.15, 0.2) is 9.84 Å². The molecule has 0 spiro atoms. The van der Waals surface area contributed by atoms with E-state index in [1.165, 1.54) is 12.1 Å². The van der Waals surface area contributed by atoms with Crippen LogP contribution in [0, 0.1) is 0 Å². The SMILES string of the molecule is O=S(=O)([O-])CCS(=O)(=O)c1ccc(Cl)c(Cl)c1.[Na+]. The van der Waals surface area contributed by atoms with E-state index in [1.807, 2.05) is 0 Å². The molecule has 0 heterocycles. The summed E-state index contributed by atoms with van der Waals surface area (Å²) in [7, 11) is -8.43. The van der Waals surface area contributed by atoms with Crippen LogP contribution in [-0.4, -0.2) is 32.9 Å². The summed E-state index contributed by atoms with van der Waals surface area (Å²) in [5.41, 5.74) is 0. The van der Waals surface area contributed by atoms with Gasteiger partial charge in [-0.05, 0) is 18.2 Å². The maximum Gasteiger partial charge on any atom is 1.00 e.